The van der Waals surface area contributed by atoms with E-state index in [4.69, 9.17) is 11.6 Å². The van der Waals surface area contributed by atoms with Crippen LogP contribution < -0.4 is 0 Å². The molecular formula is C10H20ClNO2S. The minimum absolute atomic E-state index is 0.262. The fraction of sp³-hybridized carbons (Fsp3) is 1.00. The summed E-state index contributed by atoms with van der Waals surface area (Å²) < 4.78 is 23.2. The van der Waals surface area contributed by atoms with Gasteiger partial charge in [-0.15, -0.1) is 11.6 Å². The molecular weight excluding hydrogens is 234 g/mol. The summed E-state index contributed by atoms with van der Waals surface area (Å²) in [6, 6.07) is 0.383. The molecule has 0 aliphatic carbocycles. The van der Waals surface area contributed by atoms with Gasteiger partial charge >= 0.3 is 0 Å². The van der Waals surface area contributed by atoms with Crippen LogP contribution in [0.5, 0.6) is 0 Å². The van der Waals surface area contributed by atoms with Crippen LogP contribution in [0.4, 0.5) is 0 Å². The monoisotopic (exact) mass is 253 g/mol. The molecule has 0 aromatic carbocycles. The minimum Gasteiger partial charge on any atom is -0.298 e. The predicted molar refractivity (Wildman–Crippen MR) is 64.2 cm³/mol. The highest BCUT2D eigenvalue weighted by Gasteiger charge is 2.25. The Morgan fingerprint density at radius 3 is 2.67 bits per heavy atom. The zero-order valence-electron chi connectivity index (χ0n) is 9.45. The highest BCUT2D eigenvalue weighted by Crippen LogP contribution is 2.18. The summed E-state index contributed by atoms with van der Waals surface area (Å²) in [6.07, 6.45) is 2.24. The molecule has 3 nitrogen and oxygen atoms in total. The van der Waals surface area contributed by atoms with E-state index in [2.05, 4.69) is 4.90 Å². The first-order valence-corrected chi connectivity index (χ1v) is 7.74. The fourth-order valence-corrected chi connectivity index (χ4v) is 3.15. The second kappa shape index (κ2) is 5.51. The standard InChI is InChI=1S/C10H20ClNO2S/c1-9(2)15(13,14)7-6-12-5-3-4-10(12)8-11/h9-10H,3-8H2,1-2H3. The number of halogens is 1. The molecule has 1 fully saturated rings. The minimum atomic E-state index is -2.90. The van der Waals surface area contributed by atoms with E-state index in [9.17, 15) is 8.42 Å². The van der Waals surface area contributed by atoms with Crippen molar-refractivity contribution in [3.8, 4) is 0 Å². The molecule has 1 rings (SSSR count). The molecule has 0 saturated carbocycles. The van der Waals surface area contributed by atoms with E-state index in [1.54, 1.807) is 13.8 Å². The molecule has 0 amide bonds. The average molecular weight is 254 g/mol. The Kier molecular flexibility index (Phi) is 4.87. The zero-order valence-corrected chi connectivity index (χ0v) is 11.0. The van der Waals surface area contributed by atoms with Crippen LogP contribution in [0.15, 0.2) is 0 Å². The summed E-state index contributed by atoms with van der Waals surface area (Å²) in [4.78, 5) is 2.20. The van der Waals surface area contributed by atoms with Crippen LogP contribution >= 0.6 is 11.6 Å². The molecule has 1 aliphatic heterocycles. The number of hydrogen-bond acceptors (Lipinski definition) is 3. The van der Waals surface area contributed by atoms with Crippen molar-refractivity contribution in [2.75, 3.05) is 24.7 Å². The van der Waals surface area contributed by atoms with Crippen LogP contribution in [0.2, 0.25) is 0 Å². The van der Waals surface area contributed by atoms with Crippen molar-refractivity contribution < 1.29 is 8.42 Å². The van der Waals surface area contributed by atoms with Gasteiger partial charge < -0.3 is 0 Å². The van der Waals surface area contributed by atoms with Crippen molar-refractivity contribution in [3.05, 3.63) is 0 Å². The molecule has 0 radical (unpaired) electrons. The summed E-state index contributed by atoms with van der Waals surface area (Å²) in [7, 11) is -2.90. The van der Waals surface area contributed by atoms with Crippen LogP contribution in [-0.2, 0) is 9.84 Å². The van der Waals surface area contributed by atoms with Gasteiger partial charge in [0, 0.05) is 18.5 Å². The average Bonchev–Trinajstić information content (AvgIpc) is 2.61. The van der Waals surface area contributed by atoms with Crippen molar-refractivity contribution >= 4 is 21.4 Å². The zero-order chi connectivity index (χ0) is 11.5. The Hall–Kier alpha value is 0.200. The first-order valence-electron chi connectivity index (χ1n) is 5.49. The van der Waals surface area contributed by atoms with E-state index >= 15 is 0 Å². The summed E-state index contributed by atoms with van der Waals surface area (Å²) >= 11 is 5.82. The lowest BCUT2D eigenvalue weighted by Gasteiger charge is -2.22. The quantitative estimate of drug-likeness (QED) is 0.697. The van der Waals surface area contributed by atoms with Crippen LogP contribution in [0.3, 0.4) is 0 Å². The van der Waals surface area contributed by atoms with Gasteiger partial charge in [-0.2, -0.15) is 0 Å². The van der Waals surface area contributed by atoms with Gasteiger partial charge in [0.25, 0.3) is 0 Å². The smallest absolute Gasteiger partial charge is 0.153 e. The first kappa shape index (κ1) is 13.3. The number of sulfone groups is 1. The molecule has 1 heterocycles. The highest BCUT2D eigenvalue weighted by molar-refractivity contribution is 7.92. The van der Waals surface area contributed by atoms with Crippen molar-refractivity contribution in [1.82, 2.24) is 4.90 Å². The lowest BCUT2D eigenvalue weighted by Crippen LogP contribution is -2.36. The molecule has 0 spiro atoms. The largest absolute Gasteiger partial charge is 0.298 e. The van der Waals surface area contributed by atoms with E-state index in [1.165, 1.54) is 0 Å². The highest BCUT2D eigenvalue weighted by atomic mass is 35.5. The Morgan fingerprint density at radius 1 is 1.47 bits per heavy atom. The normalized spacial score (nSPS) is 23.9. The topological polar surface area (TPSA) is 37.4 Å². The third kappa shape index (κ3) is 3.61. The van der Waals surface area contributed by atoms with Gasteiger partial charge in [0.05, 0.1) is 11.0 Å². The maximum atomic E-state index is 11.6. The first-order chi connectivity index (χ1) is 6.97. The van der Waals surface area contributed by atoms with Crippen LogP contribution in [0.25, 0.3) is 0 Å². The van der Waals surface area contributed by atoms with Gasteiger partial charge in [0.15, 0.2) is 9.84 Å². The molecule has 1 aliphatic rings. The van der Waals surface area contributed by atoms with Crippen LogP contribution in [-0.4, -0.2) is 49.3 Å². The number of likely N-dealkylation sites (tertiary alicyclic amines) is 1. The fourth-order valence-electron chi connectivity index (χ4n) is 1.84. The van der Waals surface area contributed by atoms with Gasteiger partial charge in [-0.1, -0.05) is 0 Å². The van der Waals surface area contributed by atoms with Gasteiger partial charge in [-0.3, -0.25) is 4.90 Å². The van der Waals surface area contributed by atoms with Crippen molar-refractivity contribution in [2.24, 2.45) is 0 Å². The van der Waals surface area contributed by atoms with Crippen LogP contribution in [0.1, 0.15) is 26.7 Å². The Balaban J connectivity index is 2.43. The molecule has 0 aromatic rings. The maximum absolute atomic E-state index is 11.6. The van der Waals surface area contributed by atoms with E-state index in [-0.39, 0.29) is 11.0 Å². The van der Waals surface area contributed by atoms with E-state index < -0.39 is 9.84 Å². The number of hydrogen-bond donors (Lipinski definition) is 0. The molecule has 1 atom stereocenters. The number of nitrogens with zero attached hydrogens (tertiary/aromatic N) is 1. The maximum Gasteiger partial charge on any atom is 0.153 e. The summed E-state index contributed by atoms with van der Waals surface area (Å²) in [5.41, 5.74) is 0. The Morgan fingerprint density at radius 2 is 2.13 bits per heavy atom. The van der Waals surface area contributed by atoms with Crippen molar-refractivity contribution in [1.29, 1.82) is 0 Å². The van der Waals surface area contributed by atoms with E-state index in [1.807, 2.05) is 0 Å². The molecule has 15 heavy (non-hydrogen) atoms. The SMILES string of the molecule is CC(C)S(=O)(=O)CCN1CCCC1CCl. The Bertz CT molecular complexity index is 290. The second-order valence-corrected chi connectivity index (χ2v) is 7.39. The van der Waals surface area contributed by atoms with Gasteiger partial charge in [-0.25, -0.2) is 8.42 Å². The summed E-state index contributed by atoms with van der Waals surface area (Å²) in [5.74, 6) is 0.875. The molecule has 0 aromatic heterocycles. The summed E-state index contributed by atoms with van der Waals surface area (Å²) in [6.45, 7) is 5.10. The van der Waals surface area contributed by atoms with E-state index in [0.717, 1.165) is 19.4 Å². The molecule has 0 N–H and O–H groups in total. The van der Waals surface area contributed by atoms with Crippen LogP contribution in [0, 0.1) is 0 Å². The Labute approximate surface area is 97.7 Å². The van der Waals surface area contributed by atoms with Crippen molar-refractivity contribution in [2.45, 2.75) is 38.0 Å². The lowest BCUT2D eigenvalue weighted by molar-refractivity contribution is 0.287. The lowest BCUT2D eigenvalue weighted by atomic mass is 10.2. The molecule has 5 heteroatoms. The third-order valence-corrected chi connectivity index (χ3v) is 5.60. The predicted octanol–water partition coefficient (Wildman–Crippen LogP) is 1.51. The van der Waals surface area contributed by atoms with Gasteiger partial charge in [-0.05, 0) is 33.2 Å². The molecule has 90 valence electrons. The molecule has 1 saturated heterocycles. The van der Waals surface area contributed by atoms with Crippen molar-refractivity contribution in [3.63, 3.8) is 0 Å². The van der Waals surface area contributed by atoms with Gasteiger partial charge in [0.2, 0.25) is 0 Å². The molecule has 0 bridgehead atoms. The van der Waals surface area contributed by atoms with Gasteiger partial charge in [0.1, 0.15) is 0 Å². The van der Waals surface area contributed by atoms with E-state index in [0.29, 0.717) is 18.5 Å². The number of rotatable bonds is 5. The second-order valence-electron chi connectivity index (χ2n) is 4.40. The third-order valence-electron chi connectivity index (χ3n) is 3.06. The molecule has 1 unspecified atom stereocenters. The summed E-state index contributed by atoms with van der Waals surface area (Å²) in [5, 5.41) is -0.269. The number of alkyl halides is 1.